The number of carbonyl (C=O) groups is 2. The van der Waals surface area contributed by atoms with Gasteiger partial charge in [-0.3, -0.25) is 9.59 Å². The molecule has 0 bridgehead atoms. The van der Waals surface area contributed by atoms with E-state index in [9.17, 15) is 9.59 Å². The van der Waals surface area contributed by atoms with E-state index < -0.39 is 0 Å². The molecule has 1 fully saturated rings. The molecule has 1 aliphatic heterocycles. The second-order valence-electron chi connectivity index (χ2n) is 4.72. The molecule has 4 nitrogen and oxygen atoms in total. The predicted molar refractivity (Wildman–Crippen MR) is 81.9 cm³/mol. The van der Waals surface area contributed by atoms with Crippen molar-refractivity contribution in [1.29, 1.82) is 0 Å². The first-order valence-corrected chi connectivity index (χ1v) is 7.44. The van der Waals surface area contributed by atoms with Gasteiger partial charge in [-0.1, -0.05) is 0 Å². The SMILES string of the molecule is CN(CCN1CCCC1=O)C(=O)c1ccc(I)cc1. The van der Waals surface area contributed by atoms with E-state index in [0.717, 1.165) is 16.5 Å². The molecule has 1 aromatic carbocycles. The topological polar surface area (TPSA) is 40.6 Å². The first-order valence-electron chi connectivity index (χ1n) is 6.37. The first-order chi connectivity index (χ1) is 9.08. The molecule has 0 aromatic heterocycles. The van der Waals surface area contributed by atoms with Crippen LogP contribution in [-0.4, -0.2) is 48.3 Å². The van der Waals surface area contributed by atoms with Crippen molar-refractivity contribution in [2.75, 3.05) is 26.7 Å². The number of likely N-dealkylation sites (N-methyl/N-ethyl adjacent to an activating group) is 1. The summed E-state index contributed by atoms with van der Waals surface area (Å²) in [4.78, 5) is 27.2. The number of carbonyl (C=O) groups excluding carboxylic acids is 2. The highest BCUT2D eigenvalue weighted by molar-refractivity contribution is 14.1. The lowest BCUT2D eigenvalue weighted by atomic mass is 10.2. The Balaban J connectivity index is 1.88. The molecule has 1 saturated heterocycles. The minimum atomic E-state index is 0.00282. The summed E-state index contributed by atoms with van der Waals surface area (Å²) in [6, 6.07) is 7.51. The van der Waals surface area contributed by atoms with E-state index in [0.29, 0.717) is 25.1 Å². The molecule has 0 atom stereocenters. The van der Waals surface area contributed by atoms with Gasteiger partial charge in [0, 0.05) is 42.2 Å². The number of hydrogen-bond donors (Lipinski definition) is 0. The lowest BCUT2D eigenvalue weighted by molar-refractivity contribution is -0.127. The normalized spacial score (nSPS) is 14.8. The molecule has 19 heavy (non-hydrogen) atoms. The fraction of sp³-hybridized carbons (Fsp3) is 0.429. The van der Waals surface area contributed by atoms with Crippen molar-refractivity contribution >= 4 is 34.4 Å². The number of likely N-dealkylation sites (tertiary alicyclic amines) is 1. The largest absolute Gasteiger partial charge is 0.341 e. The number of amides is 2. The highest BCUT2D eigenvalue weighted by atomic mass is 127. The standard InChI is InChI=1S/C14H17IN2O2/c1-16(9-10-17-8-2-3-13(17)18)14(19)11-4-6-12(15)7-5-11/h4-7H,2-3,8-10H2,1H3. The summed E-state index contributed by atoms with van der Waals surface area (Å²) in [6.45, 7) is 2.03. The molecule has 0 spiro atoms. The van der Waals surface area contributed by atoms with Crippen LogP contribution < -0.4 is 0 Å². The van der Waals surface area contributed by atoms with E-state index >= 15 is 0 Å². The van der Waals surface area contributed by atoms with Gasteiger partial charge in [-0.05, 0) is 53.3 Å². The van der Waals surface area contributed by atoms with Crippen LogP contribution >= 0.6 is 22.6 Å². The summed E-state index contributed by atoms with van der Waals surface area (Å²) in [5.41, 5.74) is 0.690. The van der Waals surface area contributed by atoms with Gasteiger partial charge in [-0.25, -0.2) is 0 Å². The Labute approximate surface area is 126 Å². The highest BCUT2D eigenvalue weighted by Crippen LogP contribution is 2.11. The molecule has 1 heterocycles. The zero-order chi connectivity index (χ0) is 13.8. The van der Waals surface area contributed by atoms with Crippen LogP contribution in [0.2, 0.25) is 0 Å². The van der Waals surface area contributed by atoms with Gasteiger partial charge in [0.15, 0.2) is 0 Å². The van der Waals surface area contributed by atoms with Gasteiger partial charge in [0.25, 0.3) is 5.91 Å². The average Bonchev–Trinajstić information content (AvgIpc) is 2.81. The quantitative estimate of drug-likeness (QED) is 0.759. The van der Waals surface area contributed by atoms with Gasteiger partial charge < -0.3 is 9.80 Å². The summed E-state index contributed by atoms with van der Waals surface area (Å²) in [6.07, 6.45) is 1.59. The number of rotatable bonds is 4. The molecule has 1 aromatic rings. The molecular formula is C14H17IN2O2. The molecule has 2 amide bonds. The summed E-state index contributed by atoms with van der Waals surface area (Å²) >= 11 is 2.21. The molecule has 0 unspecified atom stereocenters. The lowest BCUT2D eigenvalue weighted by Crippen LogP contribution is -2.36. The van der Waals surface area contributed by atoms with Gasteiger partial charge in [0.1, 0.15) is 0 Å². The van der Waals surface area contributed by atoms with Crippen LogP contribution in [0.5, 0.6) is 0 Å². The molecule has 5 heteroatoms. The van der Waals surface area contributed by atoms with Crippen molar-refractivity contribution in [1.82, 2.24) is 9.80 Å². The third-order valence-electron chi connectivity index (χ3n) is 3.31. The minimum Gasteiger partial charge on any atom is -0.341 e. The van der Waals surface area contributed by atoms with E-state index in [1.54, 1.807) is 11.9 Å². The zero-order valence-corrected chi connectivity index (χ0v) is 13.1. The summed E-state index contributed by atoms with van der Waals surface area (Å²) in [7, 11) is 1.78. The van der Waals surface area contributed by atoms with Crippen molar-refractivity contribution in [3.8, 4) is 0 Å². The van der Waals surface area contributed by atoms with Crippen LogP contribution in [0, 0.1) is 3.57 Å². The number of hydrogen-bond acceptors (Lipinski definition) is 2. The summed E-state index contributed by atoms with van der Waals surface area (Å²) < 4.78 is 1.11. The Morgan fingerprint density at radius 3 is 2.63 bits per heavy atom. The molecule has 0 N–H and O–H groups in total. The zero-order valence-electron chi connectivity index (χ0n) is 10.9. The van der Waals surface area contributed by atoms with Crippen LogP contribution in [0.1, 0.15) is 23.2 Å². The Morgan fingerprint density at radius 2 is 2.05 bits per heavy atom. The molecular weight excluding hydrogens is 355 g/mol. The lowest BCUT2D eigenvalue weighted by Gasteiger charge is -2.22. The van der Waals surface area contributed by atoms with Gasteiger partial charge in [0.05, 0.1) is 0 Å². The van der Waals surface area contributed by atoms with Crippen molar-refractivity contribution in [3.05, 3.63) is 33.4 Å². The van der Waals surface area contributed by atoms with Gasteiger partial charge >= 0.3 is 0 Å². The van der Waals surface area contributed by atoms with Crippen LogP contribution in [-0.2, 0) is 4.79 Å². The fourth-order valence-electron chi connectivity index (χ4n) is 2.13. The van der Waals surface area contributed by atoms with E-state index in [2.05, 4.69) is 22.6 Å². The number of nitrogens with zero attached hydrogens (tertiary/aromatic N) is 2. The van der Waals surface area contributed by atoms with Crippen molar-refractivity contribution in [2.45, 2.75) is 12.8 Å². The molecule has 102 valence electrons. The second kappa shape index (κ2) is 6.36. The third-order valence-corrected chi connectivity index (χ3v) is 4.03. The summed E-state index contributed by atoms with van der Waals surface area (Å²) in [5, 5.41) is 0. The number of benzene rings is 1. The van der Waals surface area contributed by atoms with Crippen LogP contribution in [0.25, 0.3) is 0 Å². The van der Waals surface area contributed by atoms with Gasteiger partial charge in [0.2, 0.25) is 5.91 Å². The Bertz CT molecular complexity index is 473. The molecule has 2 rings (SSSR count). The first kappa shape index (κ1) is 14.3. The van der Waals surface area contributed by atoms with E-state index in [1.165, 1.54) is 0 Å². The maximum Gasteiger partial charge on any atom is 0.253 e. The maximum absolute atomic E-state index is 12.2. The van der Waals surface area contributed by atoms with Gasteiger partial charge in [-0.2, -0.15) is 0 Å². The minimum absolute atomic E-state index is 0.00282. The second-order valence-corrected chi connectivity index (χ2v) is 5.96. The monoisotopic (exact) mass is 372 g/mol. The average molecular weight is 372 g/mol. The predicted octanol–water partition coefficient (Wildman–Crippen LogP) is 1.99. The van der Waals surface area contributed by atoms with Gasteiger partial charge in [-0.15, -0.1) is 0 Å². The third kappa shape index (κ3) is 3.68. The smallest absolute Gasteiger partial charge is 0.253 e. The van der Waals surface area contributed by atoms with Crippen LogP contribution in [0.3, 0.4) is 0 Å². The van der Waals surface area contributed by atoms with Crippen molar-refractivity contribution < 1.29 is 9.59 Å². The van der Waals surface area contributed by atoms with E-state index in [1.807, 2.05) is 29.2 Å². The molecule has 0 aliphatic carbocycles. The Kier molecular flexibility index (Phi) is 4.79. The van der Waals surface area contributed by atoms with E-state index in [4.69, 9.17) is 0 Å². The van der Waals surface area contributed by atoms with Crippen molar-refractivity contribution in [3.63, 3.8) is 0 Å². The molecule has 1 aliphatic rings. The fourth-order valence-corrected chi connectivity index (χ4v) is 2.49. The van der Waals surface area contributed by atoms with Crippen LogP contribution in [0.4, 0.5) is 0 Å². The Hall–Kier alpha value is -1.11. The number of halogens is 1. The maximum atomic E-state index is 12.2. The Morgan fingerprint density at radius 1 is 1.37 bits per heavy atom. The van der Waals surface area contributed by atoms with Crippen molar-refractivity contribution in [2.24, 2.45) is 0 Å². The molecule has 0 saturated carbocycles. The highest BCUT2D eigenvalue weighted by Gasteiger charge is 2.21. The summed E-state index contributed by atoms with van der Waals surface area (Å²) in [5.74, 6) is 0.207. The molecule has 0 radical (unpaired) electrons. The van der Waals surface area contributed by atoms with Crippen LogP contribution in [0.15, 0.2) is 24.3 Å². The van der Waals surface area contributed by atoms with E-state index in [-0.39, 0.29) is 11.8 Å².